The minimum Gasteiger partial charge on any atom is -0.444 e. The number of unbranched alkanes of at least 4 members (excludes halogenated alkanes) is 1. The van der Waals surface area contributed by atoms with Crippen LogP contribution in [-0.4, -0.2) is 55.8 Å². The molecule has 0 saturated heterocycles. The minimum atomic E-state index is -3.59. The fourth-order valence-corrected chi connectivity index (χ4v) is 5.94. The quantitative estimate of drug-likeness (QED) is 0.220. The predicted molar refractivity (Wildman–Crippen MR) is 169 cm³/mol. The molecule has 0 radical (unpaired) electrons. The molecule has 2 atom stereocenters. The van der Waals surface area contributed by atoms with Gasteiger partial charge in [0.2, 0.25) is 10.0 Å². The molecule has 10 nitrogen and oxygen atoms in total. The minimum absolute atomic E-state index is 0.216. The number of carbonyl (C=O) groups excluding carboxylic acids is 2. The standard InChI is InChI=1S/C30H46N4O6S2/c1-8-22(2)11-9-10-18-42(31,39)27-14-12-25(13-15-27)33-28(35)24-19-23(16-17-32-29(36)40-30(3,4)5)20-26(21-24)34(6)41(7,37)38/h12-15,19-22,31H,8-11,16-18H2,1-7H3,(H,32,36)(H,33,35)/t22-,42?/m1/s1. The molecule has 234 valence electrons. The van der Waals surface area contributed by atoms with E-state index in [-0.39, 0.29) is 12.1 Å². The lowest BCUT2D eigenvalue weighted by atomic mass is 10.0. The molecule has 2 aromatic carbocycles. The van der Waals surface area contributed by atoms with Gasteiger partial charge < -0.3 is 15.4 Å². The number of nitrogens with zero attached hydrogens (tertiary/aromatic N) is 1. The highest BCUT2D eigenvalue weighted by Crippen LogP contribution is 2.23. The number of nitrogens with one attached hydrogen (secondary N) is 3. The van der Waals surface area contributed by atoms with Crippen LogP contribution in [0, 0.1) is 10.7 Å². The molecule has 1 unspecified atom stereocenters. The first-order chi connectivity index (χ1) is 19.4. The average molecular weight is 623 g/mol. The number of sulfonamides is 1. The van der Waals surface area contributed by atoms with E-state index in [9.17, 15) is 22.2 Å². The fourth-order valence-electron chi connectivity index (χ4n) is 4.03. The third kappa shape index (κ3) is 11.6. The monoisotopic (exact) mass is 622 g/mol. The molecule has 0 aliphatic carbocycles. The van der Waals surface area contributed by atoms with Crippen molar-refractivity contribution in [3.05, 3.63) is 53.6 Å². The lowest BCUT2D eigenvalue weighted by molar-refractivity contribution is 0.0528. The number of carbonyl (C=O) groups is 2. The van der Waals surface area contributed by atoms with Crippen molar-refractivity contribution >= 4 is 43.1 Å². The van der Waals surface area contributed by atoms with Crippen LogP contribution in [0.3, 0.4) is 0 Å². The second kappa shape index (κ2) is 14.9. The van der Waals surface area contributed by atoms with E-state index in [1.807, 2.05) is 0 Å². The normalized spacial score (nSPS) is 14.0. The maximum atomic E-state index is 13.2. The van der Waals surface area contributed by atoms with Crippen LogP contribution in [0.4, 0.5) is 16.2 Å². The van der Waals surface area contributed by atoms with Gasteiger partial charge in [-0.1, -0.05) is 33.1 Å². The van der Waals surface area contributed by atoms with Gasteiger partial charge in [-0.15, -0.1) is 0 Å². The summed E-state index contributed by atoms with van der Waals surface area (Å²) in [5.41, 5.74) is 0.975. The zero-order chi connectivity index (χ0) is 31.7. The van der Waals surface area contributed by atoms with Crippen molar-refractivity contribution in [3.8, 4) is 0 Å². The molecule has 2 rings (SSSR count). The van der Waals surface area contributed by atoms with Gasteiger partial charge in [0.05, 0.1) is 21.7 Å². The van der Waals surface area contributed by atoms with Gasteiger partial charge in [-0.05, 0) is 87.6 Å². The van der Waals surface area contributed by atoms with Gasteiger partial charge in [-0.25, -0.2) is 22.2 Å². The molecular formula is C30H46N4O6S2. The molecule has 0 fully saturated rings. The zero-order valence-electron chi connectivity index (χ0n) is 25.8. The molecule has 0 bridgehead atoms. The van der Waals surface area contributed by atoms with Crippen molar-refractivity contribution in [1.82, 2.24) is 5.32 Å². The van der Waals surface area contributed by atoms with Crippen molar-refractivity contribution in [2.45, 2.75) is 77.2 Å². The van der Waals surface area contributed by atoms with Crippen LogP contribution >= 0.6 is 0 Å². The number of anilines is 2. The van der Waals surface area contributed by atoms with E-state index >= 15 is 0 Å². The molecule has 2 aromatic rings. The Balaban J connectivity index is 2.16. The van der Waals surface area contributed by atoms with Crippen LogP contribution in [0.1, 0.15) is 76.2 Å². The third-order valence-corrected chi connectivity index (χ3v) is 9.85. The number of ether oxygens (including phenoxy) is 1. The van der Waals surface area contributed by atoms with Gasteiger partial charge in [-0.2, -0.15) is 0 Å². The molecule has 0 aromatic heterocycles. The number of hydrogen-bond acceptors (Lipinski definition) is 7. The van der Waals surface area contributed by atoms with Gasteiger partial charge >= 0.3 is 6.09 Å². The van der Waals surface area contributed by atoms with Gasteiger partial charge in [-0.3, -0.25) is 9.10 Å². The van der Waals surface area contributed by atoms with Crippen molar-refractivity contribution < 1.29 is 27.0 Å². The Kier molecular flexibility index (Phi) is 12.4. The zero-order valence-corrected chi connectivity index (χ0v) is 27.4. The maximum Gasteiger partial charge on any atom is 0.407 e. The molecule has 0 aliphatic rings. The number of hydrogen-bond donors (Lipinski definition) is 3. The van der Waals surface area contributed by atoms with Crippen LogP contribution in [0.15, 0.2) is 47.4 Å². The molecule has 42 heavy (non-hydrogen) atoms. The van der Waals surface area contributed by atoms with Crippen molar-refractivity contribution in [3.63, 3.8) is 0 Å². The molecule has 0 heterocycles. The van der Waals surface area contributed by atoms with Gasteiger partial charge in [0.15, 0.2) is 0 Å². The topological polar surface area (TPSA) is 146 Å². The highest BCUT2D eigenvalue weighted by molar-refractivity contribution is 7.92. The van der Waals surface area contributed by atoms with E-state index < -0.39 is 37.4 Å². The number of benzene rings is 2. The summed E-state index contributed by atoms with van der Waals surface area (Å²) in [6, 6.07) is 11.2. The summed E-state index contributed by atoms with van der Waals surface area (Å²) in [5, 5.41) is 5.45. The van der Waals surface area contributed by atoms with Crippen molar-refractivity contribution in [2.75, 3.05) is 35.2 Å². The molecule has 2 amide bonds. The number of rotatable bonds is 14. The lowest BCUT2D eigenvalue weighted by Crippen LogP contribution is -2.33. The van der Waals surface area contributed by atoms with Crippen molar-refractivity contribution in [1.29, 1.82) is 4.78 Å². The average Bonchev–Trinajstić information content (AvgIpc) is 2.89. The van der Waals surface area contributed by atoms with Crippen LogP contribution in [0.2, 0.25) is 0 Å². The van der Waals surface area contributed by atoms with E-state index in [0.717, 1.165) is 36.2 Å². The Bertz CT molecular complexity index is 1430. The Morgan fingerprint density at radius 1 is 1.05 bits per heavy atom. The Hall–Kier alpha value is -3.12. The lowest BCUT2D eigenvalue weighted by Gasteiger charge is -2.20. The SMILES string of the molecule is CC[C@@H](C)CCCCS(=N)(=O)c1ccc(NC(=O)c2cc(CCNC(=O)OC(C)(C)C)cc(N(C)S(C)(=O)=O)c2)cc1. The summed E-state index contributed by atoms with van der Waals surface area (Å²) in [6.45, 7) is 9.84. The smallest absolute Gasteiger partial charge is 0.407 e. The third-order valence-electron chi connectivity index (χ3n) is 6.75. The first kappa shape index (κ1) is 35.1. The van der Waals surface area contributed by atoms with E-state index in [4.69, 9.17) is 9.52 Å². The van der Waals surface area contributed by atoms with Crippen LogP contribution < -0.4 is 14.9 Å². The second-order valence-corrected chi connectivity index (χ2v) is 15.9. The van der Waals surface area contributed by atoms with E-state index in [0.29, 0.717) is 39.9 Å². The Morgan fingerprint density at radius 3 is 2.26 bits per heavy atom. The molecular weight excluding hydrogens is 576 g/mol. The first-order valence-electron chi connectivity index (χ1n) is 14.1. The largest absolute Gasteiger partial charge is 0.444 e. The second-order valence-electron chi connectivity index (χ2n) is 11.7. The highest BCUT2D eigenvalue weighted by Gasteiger charge is 2.18. The van der Waals surface area contributed by atoms with Crippen LogP contribution in [0.5, 0.6) is 0 Å². The summed E-state index contributed by atoms with van der Waals surface area (Å²) in [5.74, 6) is 0.443. The first-order valence-corrected chi connectivity index (χ1v) is 17.7. The fraction of sp³-hybridized carbons (Fsp3) is 0.533. The van der Waals surface area contributed by atoms with Gasteiger partial charge in [0.25, 0.3) is 5.91 Å². The van der Waals surface area contributed by atoms with Crippen LogP contribution in [0.25, 0.3) is 0 Å². The van der Waals surface area contributed by atoms with E-state index in [1.165, 1.54) is 13.1 Å². The molecule has 0 spiro atoms. The Labute approximate surface area is 251 Å². The highest BCUT2D eigenvalue weighted by atomic mass is 32.2. The number of alkyl carbamates (subject to hydrolysis) is 1. The van der Waals surface area contributed by atoms with Gasteiger partial charge in [0, 0.05) is 35.5 Å². The summed E-state index contributed by atoms with van der Waals surface area (Å²) in [7, 11) is -5.13. The van der Waals surface area contributed by atoms with Crippen LogP contribution in [-0.2, 0) is 30.9 Å². The molecule has 0 saturated carbocycles. The summed E-state index contributed by atoms with van der Waals surface area (Å²) >= 11 is 0. The summed E-state index contributed by atoms with van der Waals surface area (Å²) < 4.78 is 52.1. The number of amides is 2. The van der Waals surface area contributed by atoms with E-state index in [2.05, 4.69) is 24.5 Å². The molecule has 12 heteroatoms. The van der Waals surface area contributed by atoms with Crippen molar-refractivity contribution in [2.24, 2.45) is 5.92 Å². The molecule has 0 aliphatic heterocycles. The summed E-state index contributed by atoms with van der Waals surface area (Å²) in [4.78, 5) is 25.6. The van der Waals surface area contributed by atoms with E-state index in [1.54, 1.807) is 57.2 Å². The van der Waals surface area contributed by atoms with Gasteiger partial charge in [0.1, 0.15) is 5.60 Å². The molecule has 3 N–H and O–H groups in total. The Morgan fingerprint density at radius 2 is 1.69 bits per heavy atom. The predicted octanol–water partition coefficient (Wildman–Crippen LogP) is 6.02. The summed E-state index contributed by atoms with van der Waals surface area (Å²) in [6.07, 6.45) is 4.64. The maximum absolute atomic E-state index is 13.2.